The first kappa shape index (κ1) is 19.6. The van der Waals surface area contributed by atoms with Crippen LogP contribution in [0.4, 0.5) is 5.82 Å². The third-order valence-electron chi connectivity index (χ3n) is 6.07. The molecule has 4 rings (SSSR count). The average Bonchev–Trinajstić information content (AvgIpc) is 3.39. The summed E-state index contributed by atoms with van der Waals surface area (Å²) in [6.07, 6.45) is 5.95. The van der Waals surface area contributed by atoms with E-state index in [1.807, 2.05) is 46.0 Å². The molecule has 7 nitrogen and oxygen atoms in total. The number of amides is 1. The van der Waals surface area contributed by atoms with Crippen LogP contribution in [0.1, 0.15) is 50.1 Å². The summed E-state index contributed by atoms with van der Waals surface area (Å²) in [6, 6.07) is 11.9. The average molecular weight is 396 g/mol. The number of aliphatic carboxylic acids is 1. The Kier molecular flexibility index (Phi) is 5.94. The van der Waals surface area contributed by atoms with Crippen molar-refractivity contribution in [1.82, 2.24) is 14.7 Å². The summed E-state index contributed by atoms with van der Waals surface area (Å²) in [5.41, 5.74) is 1.97. The zero-order valence-electron chi connectivity index (χ0n) is 16.6. The fourth-order valence-corrected chi connectivity index (χ4v) is 4.40. The number of rotatable bonds is 6. The van der Waals surface area contributed by atoms with Gasteiger partial charge in [-0.2, -0.15) is 5.10 Å². The van der Waals surface area contributed by atoms with Gasteiger partial charge in [-0.15, -0.1) is 0 Å². The molecule has 154 valence electrons. The highest BCUT2D eigenvalue weighted by molar-refractivity contribution is 5.91. The molecule has 1 aromatic carbocycles. The lowest BCUT2D eigenvalue weighted by Gasteiger charge is -2.29. The molecular formula is C22H28N4O3. The normalized spacial score (nSPS) is 18.8. The van der Waals surface area contributed by atoms with Gasteiger partial charge in [0.2, 0.25) is 5.91 Å². The minimum atomic E-state index is -0.736. The smallest absolute Gasteiger partial charge is 0.306 e. The van der Waals surface area contributed by atoms with E-state index in [0.29, 0.717) is 37.7 Å². The van der Waals surface area contributed by atoms with E-state index in [-0.39, 0.29) is 18.4 Å². The number of carbonyl (C=O) groups excluding carboxylic acids is 1. The maximum atomic E-state index is 12.7. The van der Waals surface area contributed by atoms with Gasteiger partial charge >= 0.3 is 5.97 Å². The molecule has 2 N–H and O–H groups in total. The highest BCUT2D eigenvalue weighted by atomic mass is 16.4. The number of carbonyl (C=O) groups is 2. The number of para-hydroxylation sites is 1. The Balaban J connectivity index is 1.45. The fourth-order valence-electron chi connectivity index (χ4n) is 4.40. The number of hydrogen-bond donors (Lipinski definition) is 2. The molecular weight excluding hydrogens is 368 g/mol. The van der Waals surface area contributed by atoms with Crippen LogP contribution in [0.15, 0.2) is 36.4 Å². The first-order chi connectivity index (χ1) is 14.1. The molecule has 0 unspecified atom stereocenters. The Hall–Kier alpha value is -2.67. The number of piperidine rings is 1. The number of hydrogen-bond acceptors (Lipinski definition) is 4. The Morgan fingerprint density at radius 3 is 2.41 bits per heavy atom. The van der Waals surface area contributed by atoms with Crippen LogP contribution in [0.25, 0.3) is 5.69 Å². The third-order valence-corrected chi connectivity index (χ3v) is 6.07. The van der Waals surface area contributed by atoms with Crippen molar-refractivity contribution in [2.45, 2.75) is 44.4 Å². The fraction of sp³-hybridized carbons (Fsp3) is 0.500. The van der Waals surface area contributed by atoms with Crippen LogP contribution in [0.3, 0.4) is 0 Å². The van der Waals surface area contributed by atoms with Crippen molar-refractivity contribution in [3.05, 3.63) is 42.1 Å². The molecule has 2 aromatic rings. The quantitative estimate of drug-likeness (QED) is 0.783. The van der Waals surface area contributed by atoms with E-state index in [4.69, 9.17) is 10.2 Å². The van der Waals surface area contributed by atoms with Crippen LogP contribution >= 0.6 is 0 Å². The maximum Gasteiger partial charge on any atom is 0.306 e. The first-order valence-corrected chi connectivity index (χ1v) is 10.5. The second-order valence-corrected chi connectivity index (χ2v) is 8.12. The number of benzene rings is 1. The third kappa shape index (κ3) is 4.67. The molecule has 1 aromatic heterocycles. The molecule has 2 aliphatic rings. The van der Waals surface area contributed by atoms with Gasteiger partial charge in [-0.1, -0.05) is 31.0 Å². The molecule has 1 saturated carbocycles. The van der Waals surface area contributed by atoms with E-state index in [0.717, 1.165) is 24.2 Å². The Labute approximate surface area is 170 Å². The van der Waals surface area contributed by atoms with Crippen molar-refractivity contribution in [3.63, 3.8) is 0 Å². The molecule has 1 saturated heterocycles. The van der Waals surface area contributed by atoms with Crippen LogP contribution in [-0.2, 0) is 9.59 Å². The molecule has 0 atom stereocenters. The number of nitrogens with one attached hydrogen (secondary N) is 1. The van der Waals surface area contributed by atoms with Gasteiger partial charge in [0.05, 0.1) is 23.8 Å². The van der Waals surface area contributed by atoms with E-state index < -0.39 is 5.97 Å². The summed E-state index contributed by atoms with van der Waals surface area (Å²) < 4.78 is 1.82. The van der Waals surface area contributed by atoms with Gasteiger partial charge in [-0.3, -0.25) is 14.5 Å². The van der Waals surface area contributed by atoms with Crippen LogP contribution in [0.2, 0.25) is 0 Å². The molecule has 1 amide bonds. The summed E-state index contributed by atoms with van der Waals surface area (Å²) in [7, 11) is 0. The highest BCUT2D eigenvalue weighted by Gasteiger charge is 2.26. The standard InChI is InChI=1S/C22H28N4O3/c27-21(15-25-12-10-17(11-13-25)22(28)29)23-20-14-19(16-6-4-5-7-16)24-26(20)18-8-2-1-3-9-18/h1-3,8-9,14,16-17H,4-7,10-13,15H2,(H,23,27)(H,28,29). The van der Waals surface area contributed by atoms with Gasteiger partial charge < -0.3 is 10.4 Å². The first-order valence-electron chi connectivity index (χ1n) is 10.5. The summed E-state index contributed by atoms with van der Waals surface area (Å²) in [5, 5.41) is 17.0. The van der Waals surface area contributed by atoms with Gasteiger partial charge in [0.25, 0.3) is 0 Å². The van der Waals surface area contributed by atoms with E-state index >= 15 is 0 Å². The number of likely N-dealkylation sites (tertiary alicyclic amines) is 1. The molecule has 1 aliphatic carbocycles. The lowest BCUT2D eigenvalue weighted by Crippen LogP contribution is -2.40. The second-order valence-electron chi connectivity index (χ2n) is 8.12. The summed E-state index contributed by atoms with van der Waals surface area (Å²) in [5.74, 6) is 0.0473. The topological polar surface area (TPSA) is 87.5 Å². The zero-order valence-corrected chi connectivity index (χ0v) is 16.6. The summed E-state index contributed by atoms with van der Waals surface area (Å²) >= 11 is 0. The lowest BCUT2D eigenvalue weighted by atomic mass is 9.97. The Morgan fingerprint density at radius 1 is 1.07 bits per heavy atom. The molecule has 7 heteroatoms. The zero-order chi connectivity index (χ0) is 20.2. The van der Waals surface area contributed by atoms with Crippen LogP contribution < -0.4 is 5.32 Å². The minimum absolute atomic E-state index is 0.0890. The number of aromatic nitrogens is 2. The van der Waals surface area contributed by atoms with E-state index in [1.54, 1.807) is 0 Å². The summed E-state index contributed by atoms with van der Waals surface area (Å²) in [4.78, 5) is 25.8. The van der Waals surface area contributed by atoms with E-state index in [2.05, 4.69) is 5.32 Å². The van der Waals surface area contributed by atoms with Gasteiger partial charge in [-0.25, -0.2) is 4.68 Å². The van der Waals surface area contributed by atoms with Crippen molar-refractivity contribution in [2.75, 3.05) is 25.0 Å². The molecule has 0 bridgehead atoms. The van der Waals surface area contributed by atoms with Crippen LogP contribution in [-0.4, -0.2) is 51.3 Å². The van der Waals surface area contributed by atoms with Crippen LogP contribution in [0.5, 0.6) is 0 Å². The minimum Gasteiger partial charge on any atom is -0.481 e. The lowest BCUT2D eigenvalue weighted by molar-refractivity contribution is -0.143. The molecule has 1 aliphatic heterocycles. The molecule has 2 heterocycles. The van der Waals surface area contributed by atoms with Crippen molar-refractivity contribution in [3.8, 4) is 5.69 Å². The number of nitrogens with zero attached hydrogens (tertiary/aromatic N) is 3. The predicted molar refractivity (Wildman–Crippen MR) is 110 cm³/mol. The second kappa shape index (κ2) is 8.78. The molecule has 0 radical (unpaired) electrons. The van der Waals surface area contributed by atoms with Crippen LogP contribution in [0, 0.1) is 5.92 Å². The van der Waals surface area contributed by atoms with Gasteiger partial charge in [0.15, 0.2) is 0 Å². The van der Waals surface area contributed by atoms with E-state index in [9.17, 15) is 9.59 Å². The molecule has 29 heavy (non-hydrogen) atoms. The molecule has 0 spiro atoms. The predicted octanol–water partition coefficient (Wildman–Crippen LogP) is 3.27. The van der Waals surface area contributed by atoms with Gasteiger partial charge in [-0.05, 0) is 50.9 Å². The van der Waals surface area contributed by atoms with Crippen molar-refractivity contribution < 1.29 is 14.7 Å². The Morgan fingerprint density at radius 2 is 1.76 bits per heavy atom. The van der Waals surface area contributed by atoms with Crippen molar-refractivity contribution in [2.24, 2.45) is 5.92 Å². The summed E-state index contributed by atoms with van der Waals surface area (Å²) in [6.45, 7) is 1.54. The van der Waals surface area contributed by atoms with E-state index in [1.165, 1.54) is 12.8 Å². The number of anilines is 1. The van der Waals surface area contributed by atoms with Gasteiger partial charge in [0.1, 0.15) is 5.82 Å². The highest BCUT2D eigenvalue weighted by Crippen LogP contribution is 2.35. The van der Waals surface area contributed by atoms with Crippen molar-refractivity contribution >= 4 is 17.7 Å². The monoisotopic (exact) mass is 396 g/mol. The number of carboxylic acid groups (broad SMARTS) is 1. The Bertz CT molecular complexity index is 850. The largest absolute Gasteiger partial charge is 0.481 e. The van der Waals surface area contributed by atoms with Gasteiger partial charge in [0, 0.05) is 12.0 Å². The molecule has 2 fully saturated rings. The van der Waals surface area contributed by atoms with Crippen molar-refractivity contribution in [1.29, 1.82) is 0 Å². The maximum absolute atomic E-state index is 12.7. The number of carboxylic acids is 1. The SMILES string of the molecule is O=C(CN1CCC(C(=O)O)CC1)Nc1cc(C2CCCC2)nn1-c1ccccc1.